The Hall–Kier alpha value is -2.52. The molecule has 1 heterocycles. The molecule has 0 atom stereocenters. The van der Waals surface area contributed by atoms with E-state index < -0.39 is 24.7 Å². The average molecular weight is 307 g/mol. The summed E-state index contributed by atoms with van der Waals surface area (Å²) in [4.78, 5) is 26.3. The molecule has 0 aliphatic rings. The zero-order chi connectivity index (χ0) is 16.0. The van der Waals surface area contributed by atoms with E-state index in [1.807, 2.05) is 0 Å². The number of nitrogens with zero attached hydrogens (tertiary/aromatic N) is 1. The summed E-state index contributed by atoms with van der Waals surface area (Å²) >= 11 is 0. The standard InChI is InChI=1S/C11H12F3N3O4/c1-20-8-6(3-4-7(16-8)9(18)21-2)17-10(19)15-5-11(12,13)14/h3-4H,5H2,1-2H3,(H2,15,17,19). The SMILES string of the molecule is COC(=O)c1ccc(NC(=O)NCC(F)(F)F)c(OC)n1. The summed E-state index contributed by atoms with van der Waals surface area (Å²) in [6.07, 6.45) is -4.52. The van der Waals surface area contributed by atoms with Crippen LogP contribution in [-0.2, 0) is 4.74 Å². The van der Waals surface area contributed by atoms with E-state index in [9.17, 15) is 22.8 Å². The van der Waals surface area contributed by atoms with Crippen molar-refractivity contribution in [1.29, 1.82) is 0 Å². The van der Waals surface area contributed by atoms with Gasteiger partial charge in [0.2, 0.25) is 5.88 Å². The maximum atomic E-state index is 12.0. The van der Waals surface area contributed by atoms with Crippen LogP contribution in [0.25, 0.3) is 0 Å². The summed E-state index contributed by atoms with van der Waals surface area (Å²) in [7, 11) is 2.38. The highest BCUT2D eigenvalue weighted by molar-refractivity contribution is 5.92. The Morgan fingerprint density at radius 3 is 2.48 bits per heavy atom. The van der Waals surface area contributed by atoms with Crippen LogP contribution in [-0.4, -0.2) is 43.9 Å². The number of esters is 1. The zero-order valence-corrected chi connectivity index (χ0v) is 11.1. The fourth-order valence-electron chi connectivity index (χ4n) is 1.26. The second-order valence-electron chi connectivity index (χ2n) is 3.67. The van der Waals surface area contributed by atoms with Gasteiger partial charge in [0, 0.05) is 0 Å². The van der Waals surface area contributed by atoms with Crippen LogP contribution in [0.5, 0.6) is 5.88 Å². The number of alkyl halides is 3. The van der Waals surface area contributed by atoms with E-state index in [1.54, 1.807) is 5.32 Å². The van der Waals surface area contributed by atoms with Gasteiger partial charge >= 0.3 is 18.2 Å². The molecule has 1 rings (SSSR count). The van der Waals surface area contributed by atoms with Crippen molar-refractivity contribution in [1.82, 2.24) is 10.3 Å². The summed E-state index contributed by atoms with van der Waals surface area (Å²) in [5.41, 5.74) is -0.0690. The van der Waals surface area contributed by atoms with Gasteiger partial charge in [-0.2, -0.15) is 13.2 Å². The number of methoxy groups -OCH3 is 2. The van der Waals surface area contributed by atoms with Crippen molar-refractivity contribution in [2.24, 2.45) is 0 Å². The second kappa shape index (κ2) is 6.77. The molecule has 0 fully saturated rings. The molecule has 0 aliphatic carbocycles. The van der Waals surface area contributed by atoms with Crippen LogP contribution in [0.1, 0.15) is 10.5 Å². The molecule has 0 saturated heterocycles. The van der Waals surface area contributed by atoms with E-state index in [2.05, 4.69) is 15.0 Å². The Balaban J connectivity index is 2.79. The van der Waals surface area contributed by atoms with Crippen molar-refractivity contribution in [2.45, 2.75) is 6.18 Å². The van der Waals surface area contributed by atoms with Crippen LogP contribution >= 0.6 is 0 Å². The highest BCUT2D eigenvalue weighted by Crippen LogP contribution is 2.22. The molecule has 0 spiro atoms. The number of carbonyl (C=O) groups excluding carboxylic acids is 2. The summed E-state index contributed by atoms with van der Waals surface area (Å²) in [6, 6.07) is 1.40. The van der Waals surface area contributed by atoms with E-state index in [1.165, 1.54) is 19.2 Å². The Morgan fingerprint density at radius 1 is 1.29 bits per heavy atom. The Kier molecular flexibility index (Phi) is 5.33. The van der Waals surface area contributed by atoms with Crippen molar-refractivity contribution < 1.29 is 32.2 Å². The predicted molar refractivity (Wildman–Crippen MR) is 65.2 cm³/mol. The van der Waals surface area contributed by atoms with Gasteiger partial charge in [-0.05, 0) is 12.1 Å². The summed E-state index contributed by atoms with van der Waals surface area (Å²) in [6.45, 7) is -1.48. The summed E-state index contributed by atoms with van der Waals surface area (Å²) in [5, 5.41) is 3.75. The number of ether oxygens (including phenoxy) is 2. The van der Waals surface area contributed by atoms with Crippen molar-refractivity contribution in [3.8, 4) is 5.88 Å². The molecule has 2 N–H and O–H groups in total. The Bertz CT molecular complexity index is 534. The van der Waals surface area contributed by atoms with Crippen LogP contribution in [0.3, 0.4) is 0 Å². The topological polar surface area (TPSA) is 89.5 Å². The highest BCUT2D eigenvalue weighted by atomic mass is 19.4. The third kappa shape index (κ3) is 5.16. The minimum absolute atomic E-state index is 0.00447. The smallest absolute Gasteiger partial charge is 0.405 e. The molecular weight excluding hydrogens is 295 g/mol. The van der Waals surface area contributed by atoms with Gasteiger partial charge in [-0.1, -0.05) is 0 Å². The van der Waals surface area contributed by atoms with Crippen molar-refractivity contribution in [3.63, 3.8) is 0 Å². The van der Waals surface area contributed by atoms with Crippen molar-refractivity contribution in [3.05, 3.63) is 17.8 Å². The van der Waals surface area contributed by atoms with E-state index in [-0.39, 0.29) is 17.3 Å². The molecule has 0 unspecified atom stereocenters. The number of nitrogens with one attached hydrogen (secondary N) is 2. The van der Waals surface area contributed by atoms with Crippen LogP contribution in [0.2, 0.25) is 0 Å². The molecule has 1 aromatic heterocycles. The van der Waals surface area contributed by atoms with Gasteiger partial charge in [0.25, 0.3) is 0 Å². The molecule has 10 heteroatoms. The summed E-state index contributed by atoms with van der Waals surface area (Å²) in [5.74, 6) is -0.860. The Labute approximate surface area is 117 Å². The monoisotopic (exact) mass is 307 g/mol. The number of amides is 2. The molecule has 2 amide bonds. The number of carbonyl (C=O) groups is 2. The third-order valence-electron chi connectivity index (χ3n) is 2.15. The van der Waals surface area contributed by atoms with Crippen LogP contribution < -0.4 is 15.4 Å². The molecule has 116 valence electrons. The van der Waals surface area contributed by atoms with Gasteiger partial charge in [-0.15, -0.1) is 0 Å². The van der Waals surface area contributed by atoms with Gasteiger partial charge in [0.05, 0.1) is 14.2 Å². The maximum Gasteiger partial charge on any atom is 0.405 e. The number of pyridine rings is 1. The number of hydrogen-bond donors (Lipinski definition) is 2. The van der Waals surface area contributed by atoms with Crippen LogP contribution in [0.15, 0.2) is 12.1 Å². The van der Waals surface area contributed by atoms with E-state index in [4.69, 9.17) is 4.74 Å². The lowest BCUT2D eigenvalue weighted by atomic mass is 10.3. The molecule has 0 bridgehead atoms. The quantitative estimate of drug-likeness (QED) is 0.824. The number of rotatable bonds is 4. The van der Waals surface area contributed by atoms with Gasteiger partial charge in [0.15, 0.2) is 5.69 Å². The number of hydrogen-bond acceptors (Lipinski definition) is 5. The van der Waals surface area contributed by atoms with Crippen LogP contribution in [0, 0.1) is 0 Å². The molecule has 21 heavy (non-hydrogen) atoms. The lowest BCUT2D eigenvalue weighted by molar-refractivity contribution is -0.122. The zero-order valence-electron chi connectivity index (χ0n) is 11.1. The first-order chi connectivity index (χ1) is 9.76. The fourth-order valence-corrected chi connectivity index (χ4v) is 1.26. The molecule has 0 aromatic carbocycles. The van der Waals surface area contributed by atoms with Gasteiger partial charge in [0.1, 0.15) is 12.2 Å². The highest BCUT2D eigenvalue weighted by Gasteiger charge is 2.27. The minimum atomic E-state index is -4.52. The molecule has 0 aliphatic heterocycles. The van der Waals surface area contributed by atoms with E-state index in [0.29, 0.717) is 0 Å². The first-order valence-corrected chi connectivity index (χ1v) is 5.51. The predicted octanol–water partition coefficient (Wildman–Crippen LogP) is 1.56. The van der Waals surface area contributed by atoms with Gasteiger partial charge in [-0.3, -0.25) is 0 Å². The number of halogens is 3. The molecule has 0 radical (unpaired) electrons. The summed E-state index contributed by atoms with van der Waals surface area (Å²) < 4.78 is 45.1. The molecule has 0 saturated carbocycles. The number of anilines is 1. The van der Waals surface area contributed by atoms with E-state index in [0.717, 1.165) is 7.11 Å². The lowest BCUT2D eigenvalue weighted by Crippen LogP contribution is -2.36. The maximum absolute atomic E-state index is 12.0. The van der Waals surface area contributed by atoms with E-state index >= 15 is 0 Å². The largest absolute Gasteiger partial charge is 0.479 e. The lowest BCUT2D eigenvalue weighted by Gasteiger charge is -2.12. The average Bonchev–Trinajstić information content (AvgIpc) is 2.44. The van der Waals surface area contributed by atoms with Crippen molar-refractivity contribution >= 4 is 17.7 Å². The number of aromatic nitrogens is 1. The molecule has 1 aromatic rings. The van der Waals surface area contributed by atoms with Gasteiger partial charge < -0.3 is 20.1 Å². The first kappa shape index (κ1) is 16.5. The van der Waals surface area contributed by atoms with Crippen LogP contribution in [0.4, 0.5) is 23.7 Å². The normalized spacial score (nSPS) is 10.7. The third-order valence-corrected chi connectivity index (χ3v) is 2.15. The minimum Gasteiger partial charge on any atom is -0.479 e. The Morgan fingerprint density at radius 2 is 1.95 bits per heavy atom. The molecule has 7 nitrogen and oxygen atoms in total. The molecular formula is C11H12F3N3O4. The first-order valence-electron chi connectivity index (χ1n) is 5.51. The van der Waals surface area contributed by atoms with Crippen molar-refractivity contribution in [2.75, 3.05) is 26.1 Å². The van der Waals surface area contributed by atoms with Gasteiger partial charge in [-0.25, -0.2) is 14.6 Å². The number of urea groups is 1. The fraction of sp³-hybridized carbons (Fsp3) is 0.364. The second-order valence-corrected chi connectivity index (χ2v) is 3.67.